The molecular weight excluding hydrogens is 295 g/mol. The van der Waals surface area contributed by atoms with Gasteiger partial charge in [0.1, 0.15) is 11.5 Å². The molecule has 0 bridgehead atoms. The lowest BCUT2D eigenvalue weighted by Gasteiger charge is -2.25. The van der Waals surface area contributed by atoms with Crippen molar-refractivity contribution >= 4 is 0 Å². The smallest absolute Gasteiger partial charge is 0.237 e. The van der Waals surface area contributed by atoms with Crippen LogP contribution in [0.5, 0.6) is 0 Å². The zero-order valence-electron chi connectivity index (χ0n) is 12.9. The molecule has 0 saturated heterocycles. The second-order valence-corrected chi connectivity index (χ2v) is 6.08. The number of hydrogen-bond acceptors (Lipinski definition) is 4. The highest BCUT2D eigenvalue weighted by Gasteiger charge is 2.44. The number of halogens is 1. The second-order valence-electron chi connectivity index (χ2n) is 6.08. The van der Waals surface area contributed by atoms with E-state index in [4.69, 9.17) is 4.52 Å². The first-order valence-electron chi connectivity index (χ1n) is 7.77. The minimum atomic E-state index is -0.519. The van der Waals surface area contributed by atoms with Crippen molar-refractivity contribution in [1.82, 2.24) is 19.7 Å². The number of nitrogens with zero attached hydrogens (tertiary/aromatic N) is 4. The van der Waals surface area contributed by atoms with Gasteiger partial charge in [-0.1, -0.05) is 36.2 Å². The SMILES string of the molecule is Cn1cncc1-c1noc(C2(c3ccccc3F)CCCC2)n1. The molecule has 1 saturated carbocycles. The Hall–Kier alpha value is -2.50. The van der Waals surface area contributed by atoms with Crippen LogP contribution in [-0.2, 0) is 12.5 Å². The van der Waals surface area contributed by atoms with Crippen molar-refractivity contribution in [2.45, 2.75) is 31.1 Å². The average Bonchev–Trinajstić information content (AvgIpc) is 3.27. The molecule has 2 aromatic heterocycles. The van der Waals surface area contributed by atoms with Gasteiger partial charge in [0.2, 0.25) is 11.7 Å². The first kappa shape index (κ1) is 14.1. The summed E-state index contributed by atoms with van der Waals surface area (Å²) < 4.78 is 21.8. The largest absolute Gasteiger partial charge is 0.338 e. The van der Waals surface area contributed by atoms with E-state index in [-0.39, 0.29) is 5.82 Å². The van der Waals surface area contributed by atoms with Crippen molar-refractivity contribution in [3.05, 3.63) is 54.1 Å². The van der Waals surface area contributed by atoms with Crippen LogP contribution in [0.3, 0.4) is 0 Å². The Bertz CT molecular complexity index is 832. The molecule has 1 fully saturated rings. The van der Waals surface area contributed by atoms with Gasteiger partial charge in [-0.3, -0.25) is 0 Å². The predicted molar refractivity (Wildman–Crippen MR) is 82.1 cm³/mol. The third-order valence-electron chi connectivity index (χ3n) is 4.73. The van der Waals surface area contributed by atoms with Crippen LogP contribution >= 0.6 is 0 Å². The summed E-state index contributed by atoms with van der Waals surface area (Å²) in [4.78, 5) is 8.66. The van der Waals surface area contributed by atoms with E-state index in [0.29, 0.717) is 17.3 Å². The molecule has 23 heavy (non-hydrogen) atoms. The second kappa shape index (κ2) is 5.30. The molecule has 0 radical (unpaired) electrons. The number of aromatic nitrogens is 4. The molecule has 0 aliphatic heterocycles. The van der Waals surface area contributed by atoms with E-state index in [1.807, 2.05) is 23.7 Å². The number of hydrogen-bond donors (Lipinski definition) is 0. The van der Waals surface area contributed by atoms with Crippen molar-refractivity contribution in [2.75, 3.05) is 0 Å². The zero-order valence-corrected chi connectivity index (χ0v) is 12.9. The highest BCUT2D eigenvalue weighted by Crippen LogP contribution is 2.46. The van der Waals surface area contributed by atoms with Gasteiger partial charge in [-0.2, -0.15) is 4.98 Å². The molecule has 0 spiro atoms. The summed E-state index contributed by atoms with van der Waals surface area (Å²) in [6.07, 6.45) is 7.07. The Morgan fingerprint density at radius 2 is 2.00 bits per heavy atom. The Labute approximate surface area is 133 Å². The minimum Gasteiger partial charge on any atom is -0.338 e. The van der Waals surface area contributed by atoms with Crippen LogP contribution in [0.2, 0.25) is 0 Å². The van der Waals surface area contributed by atoms with Crippen LogP contribution in [0.25, 0.3) is 11.5 Å². The van der Waals surface area contributed by atoms with E-state index in [2.05, 4.69) is 15.1 Å². The summed E-state index contributed by atoms with van der Waals surface area (Å²) in [5.74, 6) is 0.772. The molecule has 0 N–H and O–H groups in total. The van der Waals surface area contributed by atoms with E-state index < -0.39 is 5.41 Å². The molecule has 1 aromatic carbocycles. The minimum absolute atomic E-state index is 0.213. The fourth-order valence-electron chi connectivity index (χ4n) is 3.52. The van der Waals surface area contributed by atoms with E-state index in [9.17, 15) is 4.39 Å². The standard InChI is InChI=1S/C17H17FN4O/c1-22-11-19-10-14(22)15-20-16(23-21-15)17(8-4-5-9-17)12-6-2-3-7-13(12)18/h2-3,6-7,10-11H,4-5,8-9H2,1H3. The summed E-state index contributed by atoms with van der Waals surface area (Å²) in [6.45, 7) is 0. The molecule has 3 aromatic rings. The number of benzene rings is 1. The van der Waals surface area contributed by atoms with E-state index in [1.165, 1.54) is 6.07 Å². The highest BCUT2D eigenvalue weighted by molar-refractivity contribution is 5.48. The Balaban J connectivity index is 1.82. The lowest BCUT2D eigenvalue weighted by molar-refractivity contribution is 0.306. The van der Waals surface area contributed by atoms with Crippen LogP contribution in [0, 0.1) is 5.82 Å². The van der Waals surface area contributed by atoms with Gasteiger partial charge in [-0.25, -0.2) is 9.37 Å². The van der Waals surface area contributed by atoms with Gasteiger partial charge >= 0.3 is 0 Å². The maximum absolute atomic E-state index is 14.4. The van der Waals surface area contributed by atoms with Crippen LogP contribution in [0.4, 0.5) is 4.39 Å². The van der Waals surface area contributed by atoms with Crippen LogP contribution in [-0.4, -0.2) is 19.7 Å². The summed E-state index contributed by atoms with van der Waals surface area (Å²) in [5, 5.41) is 4.09. The molecule has 6 heteroatoms. The van der Waals surface area contributed by atoms with Gasteiger partial charge in [0.15, 0.2) is 0 Å². The molecule has 0 unspecified atom stereocenters. The predicted octanol–water partition coefficient (Wildman–Crippen LogP) is 3.47. The fraction of sp³-hybridized carbons (Fsp3) is 0.353. The van der Waals surface area contributed by atoms with Gasteiger partial charge in [0.05, 0.1) is 17.9 Å². The molecule has 0 atom stereocenters. The average molecular weight is 312 g/mol. The molecule has 0 amide bonds. The first-order chi connectivity index (χ1) is 11.2. The summed E-state index contributed by atoms with van der Waals surface area (Å²) >= 11 is 0. The summed E-state index contributed by atoms with van der Waals surface area (Å²) in [5.41, 5.74) is 0.911. The zero-order chi connectivity index (χ0) is 15.9. The fourth-order valence-corrected chi connectivity index (χ4v) is 3.52. The van der Waals surface area contributed by atoms with Gasteiger partial charge in [-0.15, -0.1) is 0 Å². The quantitative estimate of drug-likeness (QED) is 0.743. The van der Waals surface area contributed by atoms with E-state index in [1.54, 1.807) is 18.6 Å². The maximum atomic E-state index is 14.4. The van der Waals surface area contributed by atoms with Crippen molar-refractivity contribution in [2.24, 2.45) is 7.05 Å². The number of imidazole rings is 1. The third-order valence-corrected chi connectivity index (χ3v) is 4.73. The van der Waals surface area contributed by atoms with Crippen LogP contribution in [0.1, 0.15) is 37.1 Å². The van der Waals surface area contributed by atoms with E-state index in [0.717, 1.165) is 31.4 Å². The summed E-state index contributed by atoms with van der Waals surface area (Å²) in [7, 11) is 1.88. The van der Waals surface area contributed by atoms with Crippen molar-refractivity contribution in [3.63, 3.8) is 0 Å². The monoisotopic (exact) mass is 312 g/mol. The highest BCUT2D eigenvalue weighted by atomic mass is 19.1. The molecular formula is C17H17FN4O. The topological polar surface area (TPSA) is 56.7 Å². The number of rotatable bonds is 3. The Morgan fingerprint density at radius 1 is 1.22 bits per heavy atom. The lowest BCUT2D eigenvalue weighted by Crippen LogP contribution is -2.25. The Kier molecular flexibility index (Phi) is 3.25. The molecule has 5 nitrogen and oxygen atoms in total. The van der Waals surface area contributed by atoms with Gasteiger partial charge in [0.25, 0.3) is 0 Å². The molecule has 118 valence electrons. The normalized spacial score (nSPS) is 16.8. The molecule has 1 aliphatic carbocycles. The van der Waals surface area contributed by atoms with Gasteiger partial charge < -0.3 is 9.09 Å². The first-order valence-corrected chi connectivity index (χ1v) is 7.77. The summed E-state index contributed by atoms with van der Waals surface area (Å²) in [6, 6.07) is 6.88. The van der Waals surface area contributed by atoms with Crippen molar-refractivity contribution < 1.29 is 8.91 Å². The molecule has 2 heterocycles. The van der Waals surface area contributed by atoms with Crippen LogP contribution in [0.15, 0.2) is 41.3 Å². The van der Waals surface area contributed by atoms with Crippen molar-refractivity contribution in [1.29, 1.82) is 0 Å². The van der Waals surface area contributed by atoms with Gasteiger partial charge in [-0.05, 0) is 18.9 Å². The van der Waals surface area contributed by atoms with E-state index >= 15 is 0 Å². The maximum Gasteiger partial charge on any atom is 0.237 e. The lowest BCUT2D eigenvalue weighted by atomic mass is 9.78. The Morgan fingerprint density at radius 3 is 2.70 bits per heavy atom. The molecule has 1 aliphatic rings. The van der Waals surface area contributed by atoms with Gasteiger partial charge in [0, 0.05) is 12.6 Å². The third kappa shape index (κ3) is 2.17. The number of aryl methyl sites for hydroxylation is 1. The molecule has 4 rings (SSSR count). The van der Waals surface area contributed by atoms with Crippen molar-refractivity contribution in [3.8, 4) is 11.5 Å². The van der Waals surface area contributed by atoms with Crippen LogP contribution < -0.4 is 0 Å².